The van der Waals surface area contributed by atoms with Gasteiger partial charge in [-0.2, -0.15) is 0 Å². The normalized spacial score (nSPS) is 12.3. The molecule has 0 aliphatic rings. The van der Waals surface area contributed by atoms with Crippen LogP contribution in [0.5, 0.6) is 0 Å². The molecule has 0 saturated heterocycles. The molecule has 0 amide bonds. The molecule has 0 aliphatic heterocycles. The average molecular weight is 244 g/mol. The average Bonchev–Trinajstić information content (AvgIpc) is 2.91. The van der Waals surface area contributed by atoms with Crippen molar-refractivity contribution in [2.24, 2.45) is 0 Å². The second-order valence-corrected chi connectivity index (χ2v) is 4.63. The predicted molar refractivity (Wildman–Crippen MR) is 74.5 cm³/mol. The Hall–Kier alpha value is -1.77. The number of hydrogen-bond acceptors (Lipinski definition) is 3. The van der Waals surface area contributed by atoms with Crippen LogP contribution >= 0.6 is 0 Å². The first-order valence-electron chi connectivity index (χ1n) is 6.55. The van der Waals surface area contributed by atoms with Crippen LogP contribution in [0.4, 0.5) is 5.69 Å². The summed E-state index contributed by atoms with van der Waals surface area (Å²) < 4.78 is 5.26. The molecule has 1 heterocycles. The highest BCUT2D eigenvalue weighted by molar-refractivity contribution is 5.60. The highest BCUT2D eigenvalue weighted by Crippen LogP contribution is 2.21. The number of benzene rings is 1. The quantitative estimate of drug-likeness (QED) is 0.821. The Balaban J connectivity index is 1.95. The summed E-state index contributed by atoms with van der Waals surface area (Å²) in [5, 5.41) is 3.50. The number of anilines is 1. The first kappa shape index (κ1) is 12.7. The van der Waals surface area contributed by atoms with Crippen molar-refractivity contribution in [3.05, 3.63) is 36.9 Å². The van der Waals surface area contributed by atoms with Gasteiger partial charge in [-0.05, 0) is 37.6 Å². The number of unbranched alkanes of at least 4 members (excludes halogenated alkanes) is 1. The van der Waals surface area contributed by atoms with Crippen molar-refractivity contribution in [3.8, 4) is 11.3 Å². The minimum absolute atomic E-state index is 0.515. The van der Waals surface area contributed by atoms with Gasteiger partial charge < -0.3 is 9.73 Å². The molecular weight excluding hydrogens is 224 g/mol. The molecule has 0 spiro atoms. The van der Waals surface area contributed by atoms with Gasteiger partial charge in [-0.1, -0.05) is 19.8 Å². The fourth-order valence-electron chi connectivity index (χ4n) is 1.96. The lowest BCUT2D eigenvalue weighted by atomic mass is 10.1. The second-order valence-electron chi connectivity index (χ2n) is 4.63. The third-order valence-corrected chi connectivity index (χ3v) is 3.01. The Morgan fingerprint density at radius 1 is 1.28 bits per heavy atom. The molecule has 1 aromatic carbocycles. The number of nitrogens with one attached hydrogen (secondary N) is 1. The molecule has 3 heteroatoms. The van der Waals surface area contributed by atoms with E-state index in [1.807, 2.05) is 0 Å². The van der Waals surface area contributed by atoms with E-state index in [2.05, 4.69) is 48.4 Å². The highest BCUT2D eigenvalue weighted by Gasteiger charge is 2.03. The molecule has 1 unspecified atom stereocenters. The Morgan fingerprint density at radius 3 is 2.67 bits per heavy atom. The lowest BCUT2D eigenvalue weighted by molar-refractivity contribution is 0.572. The fourth-order valence-corrected chi connectivity index (χ4v) is 1.96. The molecule has 1 aromatic heterocycles. The highest BCUT2D eigenvalue weighted by atomic mass is 16.3. The van der Waals surface area contributed by atoms with E-state index in [9.17, 15) is 0 Å². The third-order valence-electron chi connectivity index (χ3n) is 3.01. The lowest BCUT2D eigenvalue weighted by Crippen LogP contribution is -2.14. The number of nitrogens with zero attached hydrogens (tertiary/aromatic N) is 1. The molecule has 2 rings (SSSR count). The van der Waals surface area contributed by atoms with Gasteiger partial charge in [0.15, 0.2) is 12.2 Å². The molecular formula is C15H20N2O. The molecule has 3 nitrogen and oxygen atoms in total. The van der Waals surface area contributed by atoms with Crippen LogP contribution in [0.1, 0.15) is 33.1 Å². The number of rotatable bonds is 6. The molecule has 96 valence electrons. The summed E-state index contributed by atoms with van der Waals surface area (Å²) in [7, 11) is 0. The smallest absolute Gasteiger partial charge is 0.181 e. The molecule has 0 saturated carbocycles. The molecule has 1 atom stereocenters. The van der Waals surface area contributed by atoms with E-state index in [0.29, 0.717) is 6.04 Å². The van der Waals surface area contributed by atoms with Crippen molar-refractivity contribution in [2.45, 2.75) is 39.2 Å². The van der Waals surface area contributed by atoms with E-state index in [0.717, 1.165) is 17.0 Å². The van der Waals surface area contributed by atoms with Crippen LogP contribution in [0.15, 0.2) is 41.3 Å². The minimum Gasteiger partial charge on any atom is -0.444 e. The van der Waals surface area contributed by atoms with Crippen molar-refractivity contribution in [3.63, 3.8) is 0 Å². The molecule has 1 N–H and O–H groups in total. The van der Waals surface area contributed by atoms with Gasteiger partial charge in [-0.25, -0.2) is 4.98 Å². The van der Waals surface area contributed by atoms with Crippen molar-refractivity contribution < 1.29 is 4.42 Å². The summed E-state index contributed by atoms with van der Waals surface area (Å²) in [6, 6.07) is 8.78. The van der Waals surface area contributed by atoms with E-state index in [4.69, 9.17) is 4.42 Å². The molecule has 0 radical (unpaired) electrons. The molecule has 0 fully saturated rings. The predicted octanol–water partition coefficient (Wildman–Crippen LogP) is 4.33. The van der Waals surface area contributed by atoms with Gasteiger partial charge >= 0.3 is 0 Å². The first-order valence-corrected chi connectivity index (χ1v) is 6.55. The van der Waals surface area contributed by atoms with Gasteiger partial charge in [0.05, 0.1) is 6.20 Å². The summed E-state index contributed by atoms with van der Waals surface area (Å²) in [6.45, 7) is 4.44. The summed E-state index contributed by atoms with van der Waals surface area (Å²) in [6.07, 6.45) is 6.90. The van der Waals surface area contributed by atoms with E-state index in [1.54, 1.807) is 6.20 Å². The second kappa shape index (κ2) is 6.24. The van der Waals surface area contributed by atoms with Crippen LogP contribution in [0, 0.1) is 0 Å². The van der Waals surface area contributed by atoms with Crippen LogP contribution in [0.25, 0.3) is 11.3 Å². The summed E-state index contributed by atoms with van der Waals surface area (Å²) in [5.41, 5.74) is 2.21. The Labute approximate surface area is 108 Å². The fraction of sp³-hybridized carbons (Fsp3) is 0.400. The zero-order chi connectivity index (χ0) is 12.8. The lowest BCUT2D eigenvalue weighted by Gasteiger charge is -2.14. The van der Waals surface area contributed by atoms with Crippen LogP contribution in [-0.4, -0.2) is 11.0 Å². The maximum Gasteiger partial charge on any atom is 0.181 e. The van der Waals surface area contributed by atoms with E-state index >= 15 is 0 Å². The van der Waals surface area contributed by atoms with E-state index in [-0.39, 0.29) is 0 Å². The topological polar surface area (TPSA) is 38.1 Å². The zero-order valence-corrected chi connectivity index (χ0v) is 11.0. The van der Waals surface area contributed by atoms with E-state index in [1.165, 1.54) is 25.7 Å². The molecule has 18 heavy (non-hydrogen) atoms. The standard InChI is InChI=1S/C15H20N2O/c1-3-4-5-12(2)17-14-8-6-13(7-9-14)15-10-16-11-18-15/h6-12,17H,3-5H2,1-2H3. The Bertz CT molecular complexity index is 448. The van der Waals surface area contributed by atoms with Gasteiger partial charge in [-0.3, -0.25) is 0 Å². The maximum absolute atomic E-state index is 5.26. The molecule has 0 aliphatic carbocycles. The molecule has 0 bridgehead atoms. The molecule has 2 aromatic rings. The number of aromatic nitrogens is 1. The van der Waals surface area contributed by atoms with Gasteiger partial charge in [0.1, 0.15) is 0 Å². The Kier molecular flexibility index (Phi) is 4.40. The van der Waals surface area contributed by atoms with Gasteiger partial charge in [-0.15, -0.1) is 0 Å². The SMILES string of the molecule is CCCCC(C)Nc1ccc(-c2cnco2)cc1. The van der Waals surface area contributed by atoms with Crippen LogP contribution in [-0.2, 0) is 0 Å². The van der Waals surface area contributed by atoms with Crippen LogP contribution in [0.2, 0.25) is 0 Å². The summed E-state index contributed by atoms with van der Waals surface area (Å²) in [5.74, 6) is 0.806. The number of hydrogen-bond donors (Lipinski definition) is 1. The van der Waals surface area contributed by atoms with E-state index < -0.39 is 0 Å². The van der Waals surface area contributed by atoms with Gasteiger partial charge in [0.2, 0.25) is 0 Å². The summed E-state index contributed by atoms with van der Waals surface area (Å²) >= 11 is 0. The monoisotopic (exact) mass is 244 g/mol. The van der Waals surface area contributed by atoms with Crippen molar-refractivity contribution in [2.75, 3.05) is 5.32 Å². The zero-order valence-electron chi connectivity index (χ0n) is 11.0. The van der Waals surface area contributed by atoms with Crippen molar-refractivity contribution >= 4 is 5.69 Å². The third kappa shape index (κ3) is 3.36. The van der Waals surface area contributed by atoms with Crippen molar-refractivity contribution in [1.82, 2.24) is 4.98 Å². The van der Waals surface area contributed by atoms with Crippen LogP contribution in [0.3, 0.4) is 0 Å². The van der Waals surface area contributed by atoms with Crippen molar-refractivity contribution in [1.29, 1.82) is 0 Å². The largest absolute Gasteiger partial charge is 0.444 e. The minimum atomic E-state index is 0.515. The number of oxazole rings is 1. The van der Waals surface area contributed by atoms with Gasteiger partial charge in [0.25, 0.3) is 0 Å². The Morgan fingerprint density at radius 2 is 2.06 bits per heavy atom. The van der Waals surface area contributed by atoms with Crippen LogP contribution < -0.4 is 5.32 Å². The van der Waals surface area contributed by atoms with Gasteiger partial charge in [0, 0.05) is 17.3 Å². The first-order chi connectivity index (χ1) is 8.79. The summed E-state index contributed by atoms with van der Waals surface area (Å²) in [4.78, 5) is 3.92. The maximum atomic E-state index is 5.26.